The first-order valence-corrected chi connectivity index (χ1v) is 9.51. The number of H-pyrrole nitrogens is 2. The molecular weight excluding hydrogens is 389 g/mol. The number of rotatable bonds is 5. The minimum atomic E-state index is -0.484. The number of aromatic amines is 2. The number of fused-ring (bicyclic) bond motifs is 1. The minimum absolute atomic E-state index is 0.00541. The van der Waals surface area contributed by atoms with Crippen LogP contribution in [-0.4, -0.2) is 49.4 Å². The van der Waals surface area contributed by atoms with Gasteiger partial charge in [0.15, 0.2) is 17.4 Å². The highest BCUT2D eigenvalue weighted by molar-refractivity contribution is 5.82. The van der Waals surface area contributed by atoms with E-state index in [-0.39, 0.29) is 11.8 Å². The SMILES string of the molecule is Cc1cc(Nc2cc(N3CC(O)C3)nc(Oc3ccc4[nH]c(C)cc4c3F)n2)n[nH]1. The van der Waals surface area contributed by atoms with E-state index >= 15 is 0 Å². The summed E-state index contributed by atoms with van der Waals surface area (Å²) in [6.07, 6.45) is -0.397. The molecule has 3 aromatic heterocycles. The third kappa shape index (κ3) is 3.41. The number of nitrogens with one attached hydrogen (secondary N) is 3. The lowest BCUT2D eigenvalue weighted by molar-refractivity contribution is 0.141. The lowest BCUT2D eigenvalue weighted by Crippen LogP contribution is -2.51. The van der Waals surface area contributed by atoms with Crippen LogP contribution in [-0.2, 0) is 0 Å². The summed E-state index contributed by atoms with van der Waals surface area (Å²) < 4.78 is 20.7. The maximum atomic E-state index is 14.9. The molecule has 4 N–H and O–H groups in total. The van der Waals surface area contributed by atoms with E-state index < -0.39 is 11.9 Å². The quantitative estimate of drug-likeness (QED) is 0.400. The standard InChI is InChI=1S/C20H20FN7O2/c1-10-5-13-14(22-10)3-4-15(19(13)21)30-20-24-16(23-17-6-11(2)26-27-17)7-18(25-20)28-8-12(29)9-28/h3-7,12,22,29H,8-9H2,1-2H3,(H2,23,24,25,26,27). The first-order chi connectivity index (χ1) is 14.4. The molecule has 0 amide bonds. The van der Waals surface area contributed by atoms with E-state index in [1.165, 1.54) is 0 Å². The zero-order valence-corrected chi connectivity index (χ0v) is 16.4. The largest absolute Gasteiger partial charge is 0.421 e. The van der Waals surface area contributed by atoms with Crippen LogP contribution in [0.1, 0.15) is 11.4 Å². The Kier molecular flexibility index (Phi) is 4.28. The molecule has 0 radical (unpaired) electrons. The number of halogens is 1. The van der Waals surface area contributed by atoms with E-state index in [1.807, 2.05) is 24.8 Å². The Morgan fingerprint density at radius 2 is 1.97 bits per heavy atom. The summed E-state index contributed by atoms with van der Waals surface area (Å²) in [6, 6.07) is 8.58. The smallest absolute Gasteiger partial charge is 0.326 e. The van der Waals surface area contributed by atoms with Crippen molar-refractivity contribution >= 4 is 28.4 Å². The fourth-order valence-corrected chi connectivity index (χ4v) is 3.41. The first-order valence-electron chi connectivity index (χ1n) is 9.51. The zero-order chi connectivity index (χ0) is 20.8. The molecule has 30 heavy (non-hydrogen) atoms. The van der Waals surface area contributed by atoms with Crippen LogP contribution < -0.4 is 15.0 Å². The Labute approximate surface area is 170 Å². The van der Waals surface area contributed by atoms with Crippen LogP contribution in [0.3, 0.4) is 0 Å². The van der Waals surface area contributed by atoms with Gasteiger partial charge in [0.1, 0.15) is 11.6 Å². The van der Waals surface area contributed by atoms with Gasteiger partial charge in [-0.3, -0.25) is 5.10 Å². The van der Waals surface area contributed by atoms with E-state index in [0.717, 1.165) is 11.4 Å². The van der Waals surface area contributed by atoms with Crippen LogP contribution in [0.15, 0.2) is 30.3 Å². The summed E-state index contributed by atoms with van der Waals surface area (Å²) in [6.45, 7) is 4.67. The Bertz CT molecular complexity index is 1230. The van der Waals surface area contributed by atoms with E-state index in [9.17, 15) is 9.50 Å². The van der Waals surface area contributed by atoms with Crippen LogP contribution in [0.5, 0.6) is 11.8 Å². The second-order valence-corrected chi connectivity index (χ2v) is 7.41. The molecule has 1 aromatic carbocycles. The molecule has 0 spiro atoms. The monoisotopic (exact) mass is 409 g/mol. The van der Waals surface area contributed by atoms with Crippen molar-refractivity contribution in [2.75, 3.05) is 23.3 Å². The second-order valence-electron chi connectivity index (χ2n) is 7.41. The van der Waals surface area contributed by atoms with Gasteiger partial charge in [-0.15, -0.1) is 0 Å². The van der Waals surface area contributed by atoms with Crippen LogP contribution in [0, 0.1) is 19.7 Å². The van der Waals surface area contributed by atoms with E-state index in [1.54, 1.807) is 24.3 Å². The number of nitrogens with zero attached hydrogens (tertiary/aromatic N) is 4. The summed E-state index contributed by atoms with van der Waals surface area (Å²) in [5, 5.41) is 20.2. The van der Waals surface area contributed by atoms with Crippen LogP contribution >= 0.6 is 0 Å². The van der Waals surface area contributed by atoms with E-state index in [0.29, 0.717) is 41.4 Å². The molecule has 154 valence electrons. The molecular formula is C20H20FN7O2. The molecule has 10 heteroatoms. The third-order valence-electron chi connectivity index (χ3n) is 4.88. The molecule has 1 aliphatic heterocycles. The van der Waals surface area contributed by atoms with Crippen molar-refractivity contribution < 1.29 is 14.2 Å². The highest BCUT2D eigenvalue weighted by Gasteiger charge is 2.27. The number of aliphatic hydroxyl groups is 1. The maximum Gasteiger partial charge on any atom is 0.326 e. The van der Waals surface area contributed by atoms with Crippen molar-refractivity contribution in [3.8, 4) is 11.8 Å². The van der Waals surface area contributed by atoms with Gasteiger partial charge in [0, 0.05) is 47.5 Å². The van der Waals surface area contributed by atoms with Gasteiger partial charge in [0.05, 0.1) is 6.10 Å². The number of hydrogen-bond donors (Lipinski definition) is 4. The summed E-state index contributed by atoms with van der Waals surface area (Å²) in [5.74, 6) is 1.15. The normalized spacial score (nSPS) is 14.2. The van der Waals surface area contributed by atoms with Gasteiger partial charge in [0.2, 0.25) is 0 Å². The molecule has 0 aliphatic carbocycles. The van der Waals surface area contributed by atoms with Crippen molar-refractivity contribution in [1.82, 2.24) is 25.1 Å². The summed E-state index contributed by atoms with van der Waals surface area (Å²) in [7, 11) is 0. The van der Waals surface area contributed by atoms with Gasteiger partial charge >= 0.3 is 6.01 Å². The van der Waals surface area contributed by atoms with Crippen molar-refractivity contribution in [3.05, 3.63) is 47.5 Å². The Hall–Kier alpha value is -3.66. The zero-order valence-electron chi connectivity index (χ0n) is 16.4. The number of anilines is 3. The highest BCUT2D eigenvalue weighted by Crippen LogP contribution is 2.31. The molecule has 9 nitrogen and oxygen atoms in total. The number of ether oxygens (including phenoxy) is 1. The molecule has 4 aromatic rings. The molecule has 1 aliphatic rings. The fourth-order valence-electron chi connectivity index (χ4n) is 3.41. The number of benzene rings is 1. The van der Waals surface area contributed by atoms with Crippen molar-refractivity contribution in [1.29, 1.82) is 0 Å². The highest BCUT2D eigenvalue weighted by atomic mass is 19.1. The predicted octanol–water partition coefficient (Wildman–Crippen LogP) is 3.15. The predicted molar refractivity (Wildman–Crippen MR) is 110 cm³/mol. The number of hydrogen-bond acceptors (Lipinski definition) is 7. The van der Waals surface area contributed by atoms with E-state index in [2.05, 4.69) is 30.5 Å². The molecule has 0 bridgehead atoms. The average Bonchev–Trinajstić information content (AvgIpc) is 3.26. The van der Waals surface area contributed by atoms with Crippen molar-refractivity contribution in [3.63, 3.8) is 0 Å². The number of aryl methyl sites for hydroxylation is 2. The van der Waals surface area contributed by atoms with Crippen molar-refractivity contribution in [2.24, 2.45) is 0 Å². The van der Waals surface area contributed by atoms with Crippen molar-refractivity contribution in [2.45, 2.75) is 20.0 Å². The molecule has 0 atom stereocenters. The van der Waals surface area contributed by atoms with Gasteiger partial charge < -0.3 is 25.0 Å². The minimum Gasteiger partial charge on any atom is -0.421 e. The summed E-state index contributed by atoms with van der Waals surface area (Å²) in [5.41, 5.74) is 2.44. The topological polar surface area (TPSA) is 115 Å². The van der Waals surface area contributed by atoms with Gasteiger partial charge in [-0.05, 0) is 32.0 Å². The number of β-amino-alcohol motifs (C(OH)–C–C–N with tert-alkyl or cyclic N) is 1. The average molecular weight is 409 g/mol. The van der Waals surface area contributed by atoms with Crippen LogP contribution in [0.2, 0.25) is 0 Å². The summed E-state index contributed by atoms with van der Waals surface area (Å²) in [4.78, 5) is 13.7. The molecule has 0 unspecified atom stereocenters. The molecule has 1 saturated heterocycles. The molecule has 1 fully saturated rings. The molecule has 5 rings (SSSR count). The Morgan fingerprint density at radius 3 is 2.70 bits per heavy atom. The fraction of sp³-hybridized carbons (Fsp3) is 0.250. The van der Waals surface area contributed by atoms with E-state index in [4.69, 9.17) is 4.74 Å². The Balaban J connectivity index is 1.49. The number of aliphatic hydroxyl groups excluding tert-OH is 1. The molecule has 0 saturated carbocycles. The lowest BCUT2D eigenvalue weighted by atomic mass is 10.2. The Morgan fingerprint density at radius 1 is 1.13 bits per heavy atom. The lowest BCUT2D eigenvalue weighted by Gasteiger charge is -2.36. The third-order valence-corrected chi connectivity index (χ3v) is 4.88. The number of aromatic nitrogens is 5. The maximum absolute atomic E-state index is 14.9. The van der Waals surface area contributed by atoms with Crippen LogP contribution in [0.25, 0.3) is 10.9 Å². The second kappa shape index (κ2) is 6.99. The van der Waals surface area contributed by atoms with Gasteiger partial charge in [-0.1, -0.05) is 0 Å². The van der Waals surface area contributed by atoms with Gasteiger partial charge in [-0.2, -0.15) is 15.1 Å². The first kappa shape index (κ1) is 18.4. The molecule has 4 heterocycles. The van der Waals surface area contributed by atoms with Gasteiger partial charge in [-0.25, -0.2) is 4.39 Å². The van der Waals surface area contributed by atoms with Gasteiger partial charge in [0.25, 0.3) is 0 Å². The summed E-state index contributed by atoms with van der Waals surface area (Å²) >= 11 is 0. The van der Waals surface area contributed by atoms with Crippen LogP contribution in [0.4, 0.5) is 21.8 Å².